The van der Waals surface area contributed by atoms with Crippen LogP contribution in [0.3, 0.4) is 0 Å². The number of likely N-dealkylation sites (tertiary alicyclic amines) is 1. The highest BCUT2D eigenvalue weighted by Gasteiger charge is 2.27. The standard InChI is InChI=1S/C19H28FN3O3/c1-3-26-12-4-9-21-18(24)15-7-10-23(11-8-15)19(25)22-17-13-16(20)6-5-14(17)2/h5-6,13,15H,3-4,7-12H2,1-2H3,(H,21,24)(H,22,25). The summed E-state index contributed by atoms with van der Waals surface area (Å²) < 4.78 is 18.6. The van der Waals surface area contributed by atoms with Crippen molar-refractivity contribution in [1.82, 2.24) is 10.2 Å². The number of halogens is 1. The van der Waals surface area contributed by atoms with Crippen LogP contribution >= 0.6 is 0 Å². The maximum absolute atomic E-state index is 13.3. The van der Waals surface area contributed by atoms with Crippen molar-refractivity contribution in [2.75, 3.05) is 38.2 Å². The topological polar surface area (TPSA) is 70.7 Å². The zero-order valence-corrected chi connectivity index (χ0v) is 15.5. The molecule has 1 heterocycles. The second-order valence-electron chi connectivity index (χ2n) is 6.49. The molecule has 1 aromatic rings. The number of aryl methyl sites for hydroxylation is 1. The van der Waals surface area contributed by atoms with Crippen LogP contribution < -0.4 is 10.6 Å². The Kier molecular flexibility index (Phi) is 7.84. The van der Waals surface area contributed by atoms with Crippen molar-refractivity contribution in [1.29, 1.82) is 0 Å². The van der Waals surface area contributed by atoms with Gasteiger partial charge in [0, 0.05) is 44.5 Å². The van der Waals surface area contributed by atoms with E-state index in [2.05, 4.69) is 10.6 Å². The third kappa shape index (κ3) is 5.98. The summed E-state index contributed by atoms with van der Waals surface area (Å²) in [5.41, 5.74) is 1.28. The third-order valence-electron chi connectivity index (χ3n) is 4.56. The van der Waals surface area contributed by atoms with Crippen molar-refractivity contribution >= 4 is 17.6 Å². The minimum atomic E-state index is -0.384. The van der Waals surface area contributed by atoms with Crippen LogP contribution in [0.1, 0.15) is 31.7 Å². The molecule has 2 N–H and O–H groups in total. The minimum absolute atomic E-state index is 0.0440. The van der Waals surface area contributed by atoms with Crippen LogP contribution in [0.5, 0.6) is 0 Å². The summed E-state index contributed by atoms with van der Waals surface area (Å²) in [7, 11) is 0. The van der Waals surface area contributed by atoms with Gasteiger partial charge in [-0.25, -0.2) is 9.18 Å². The number of carbonyl (C=O) groups excluding carboxylic acids is 2. The number of hydrogen-bond donors (Lipinski definition) is 2. The van der Waals surface area contributed by atoms with Crippen LogP contribution in [0.25, 0.3) is 0 Å². The Balaban J connectivity index is 1.74. The molecular weight excluding hydrogens is 337 g/mol. The van der Waals surface area contributed by atoms with Crippen LogP contribution in [-0.4, -0.2) is 49.7 Å². The van der Waals surface area contributed by atoms with E-state index in [1.54, 1.807) is 11.0 Å². The van der Waals surface area contributed by atoms with Crippen LogP contribution in [0, 0.1) is 18.7 Å². The molecule has 0 spiro atoms. The SMILES string of the molecule is CCOCCCNC(=O)C1CCN(C(=O)Nc2cc(F)ccc2C)CC1. The third-order valence-corrected chi connectivity index (χ3v) is 4.56. The molecule has 0 aliphatic carbocycles. The zero-order chi connectivity index (χ0) is 18.9. The lowest BCUT2D eigenvalue weighted by atomic mass is 9.96. The molecule has 1 aliphatic heterocycles. The van der Waals surface area contributed by atoms with E-state index in [0.717, 1.165) is 12.0 Å². The minimum Gasteiger partial charge on any atom is -0.382 e. The van der Waals surface area contributed by atoms with Gasteiger partial charge in [-0.15, -0.1) is 0 Å². The molecule has 3 amide bonds. The highest BCUT2D eigenvalue weighted by molar-refractivity contribution is 5.90. The molecule has 1 saturated heterocycles. The first-order valence-electron chi connectivity index (χ1n) is 9.18. The number of amides is 3. The average Bonchev–Trinajstić information content (AvgIpc) is 2.64. The van der Waals surface area contributed by atoms with Gasteiger partial charge in [0.05, 0.1) is 0 Å². The number of anilines is 1. The van der Waals surface area contributed by atoms with Crippen LogP contribution in [-0.2, 0) is 9.53 Å². The molecule has 0 atom stereocenters. The van der Waals surface area contributed by atoms with E-state index < -0.39 is 0 Å². The molecule has 1 aliphatic rings. The summed E-state index contributed by atoms with van der Waals surface area (Å²) in [6.45, 7) is 6.72. The van der Waals surface area contributed by atoms with Gasteiger partial charge in [-0.1, -0.05) is 6.07 Å². The summed E-state index contributed by atoms with van der Waals surface area (Å²) in [4.78, 5) is 26.2. The normalized spacial score (nSPS) is 15.0. The molecule has 0 bridgehead atoms. The largest absolute Gasteiger partial charge is 0.382 e. The average molecular weight is 365 g/mol. The number of piperidine rings is 1. The molecule has 1 fully saturated rings. The van der Waals surface area contributed by atoms with Crippen LogP contribution in [0.4, 0.5) is 14.9 Å². The second-order valence-corrected chi connectivity index (χ2v) is 6.49. The molecule has 0 aromatic heterocycles. The Bertz CT molecular complexity index is 616. The fourth-order valence-electron chi connectivity index (χ4n) is 2.94. The fraction of sp³-hybridized carbons (Fsp3) is 0.579. The smallest absolute Gasteiger partial charge is 0.321 e. The Labute approximate surface area is 154 Å². The first-order valence-corrected chi connectivity index (χ1v) is 9.18. The quantitative estimate of drug-likeness (QED) is 0.730. The number of ether oxygens (including phenoxy) is 1. The van der Waals surface area contributed by atoms with Gasteiger partial charge in [-0.05, 0) is 50.8 Å². The number of rotatable bonds is 7. The summed E-state index contributed by atoms with van der Waals surface area (Å²) in [5.74, 6) is -0.407. The predicted molar refractivity (Wildman–Crippen MR) is 98.6 cm³/mol. The molecule has 26 heavy (non-hydrogen) atoms. The monoisotopic (exact) mass is 365 g/mol. The van der Waals surface area contributed by atoms with Crippen molar-refractivity contribution in [2.45, 2.75) is 33.1 Å². The maximum Gasteiger partial charge on any atom is 0.321 e. The molecule has 0 unspecified atom stereocenters. The summed E-state index contributed by atoms with van der Waals surface area (Å²) >= 11 is 0. The van der Waals surface area contributed by atoms with E-state index in [9.17, 15) is 14.0 Å². The Morgan fingerprint density at radius 3 is 2.73 bits per heavy atom. The van der Waals surface area contributed by atoms with Gasteiger partial charge in [0.2, 0.25) is 5.91 Å². The van der Waals surface area contributed by atoms with E-state index in [1.165, 1.54) is 12.1 Å². The van der Waals surface area contributed by atoms with Gasteiger partial charge in [-0.3, -0.25) is 4.79 Å². The van der Waals surface area contributed by atoms with Crippen LogP contribution in [0.15, 0.2) is 18.2 Å². The Morgan fingerprint density at radius 1 is 1.31 bits per heavy atom. The van der Waals surface area contributed by atoms with Gasteiger partial charge in [0.1, 0.15) is 5.82 Å². The second kappa shape index (κ2) is 10.1. The zero-order valence-electron chi connectivity index (χ0n) is 15.5. The van der Waals surface area contributed by atoms with E-state index in [4.69, 9.17) is 4.74 Å². The number of nitrogens with one attached hydrogen (secondary N) is 2. The number of urea groups is 1. The molecule has 1 aromatic carbocycles. The highest BCUT2D eigenvalue weighted by Crippen LogP contribution is 2.20. The summed E-state index contributed by atoms with van der Waals surface area (Å²) in [6.07, 6.45) is 2.06. The predicted octanol–water partition coefficient (Wildman–Crippen LogP) is 2.92. The van der Waals surface area contributed by atoms with E-state index in [1.807, 2.05) is 13.8 Å². The summed E-state index contributed by atoms with van der Waals surface area (Å²) in [6, 6.07) is 4.06. The molecule has 144 valence electrons. The maximum atomic E-state index is 13.3. The number of carbonyl (C=O) groups is 2. The lowest BCUT2D eigenvalue weighted by molar-refractivity contribution is -0.126. The van der Waals surface area contributed by atoms with Crippen molar-refractivity contribution in [3.05, 3.63) is 29.6 Å². The highest BCUT2D eigenvalue weighted by atomic mass is 19.1. The van der Waals surface area contributed by atoms with E-state index in [-0.39, 0.29) is 23.7 Å². The van der Waals surface area contributed by atoms with Gasteiger partial charge in [-0.2, -0.15) is 0 Å². The first kappa shape index (κ1) is 20.2. The van der Waals surface area contributed by atoms with Gasteiger partial charge >= 0.3 is 6.03 Å². The number of nitrogens with zero attached hydrogens (tertiary/aromatic N) is 1. The molecule has 0 saturated carbocycles. The lowest BCUT2D eigenvalue weighted by Crippen LogP contribution is -2.44. The first-order chi connectivity index (χ1) is 12.5. The van der Waals surface area contributed by atoms with E-state index >= 15 is 0 Å². The van der Waals surface area contributed by atoms with Crippen molar-refractivity contribution in [3.8, 4) is 0 Å². The molecule has 0 radical (unpaired) electrons. The van der Waals surface area contributed by atoms with E-state index in [0.29, 0.717) is 51.4 Å². The number of benzene rings is 1. The van der Waals surface area contributed by atoms with Gasteiger partial charge in [0.25, 0.3) is 0 Å². The Hall–Kier alpha value is -2.15. The Morgan fingerprint density at radius 2 is 2.04 bits per heavy atom. The van der Waals surface area contributed by atoms with Crippen LogP contribution in [0.2, 0.25) is 0 Å². The molecule has 6 nitrogen and oxygen atoms in total. The summed E-state index contributed by atoms with van der Waals surface area (Å²) in [5, 5.41) is 5.68. The van der Waals surface area contributed by atoms with Crippen molar-refractivity contribution < 1.29 is 18.7 Å². The molecule has 2 rings (SSSR count). The van der Waals surface area contributed by atoms with Gasteiger partial charge in [0.15, 0.2) is 0 Å². The van der Waals surface area contributed by atoms with Crippen molar-refractivity contribution in [2.24, 2.45) is 5.92 Å². The fourth-order valence-corrected chi connectivity index (χ4v) is 2.94. The lowest BCUT2D eigenvalue weighted by Gasteiger charge is -2.31. The van der Waals surface area contributed by atoms with Crippen molar-refractivity contribution in [3.63, 3.8) is 0 Å². The van der Waals surface area contributed by atoms with Gasteiger partial charge < -0.3 is 20.3 Å². The number of hydrogen-bond acceptors (Lipinski definition) is 3. The molecule has 7 heteroatoms. The molecular formula is C19H28FN3O3.